The molecule has 0 unspecified atom stereocenters. The average molecular weight is 405 g/mol. The zero-order valence-electron chi connectivity index (χ0n) is 15.6. The summed E-state index contributed by atoms with van der Waals surface area (Å²) in [5.41, 5.74) is 0.781. The van der Waals surface area contributed by atoms with Crippen molar-refractivity contribution in [3.8, 4) is 0 Å². The minimum atomic E-state index is -3.96. The zero-order valence-corrected chi connectivity index (χ0v) is 16.4. The number of nitrogens with zero attached hydrogens (tertiary/aromatic N) is 1. The van der Waals surface area contributed by atoms with E-state index in [-0.39, 0.29) is 10.8 Å². The Morgan fingerprint density at radius 1 is 1.14 bits per heavy atom. The second-order valence-corrected chi connectivity index (χ2v) is 8.81. The van der Waals surface area contributed by atoms with Gasteiger partial charge in [0.25, 0.3) is 0 Å². The SMILES string of the molecule is CN1C(=O)C(C)(C)c2cc(S(=O)(=O)NCC(=O)Nc3ccc(F)cc3)ccc21. The van der Waals surface area contributed by atoms with Crippen LogP contribution in [0.25, 0.3) is 0 Å². The van der Waals surface area contributed by atoms with Gasteiger partial charge in [0.05, 0.1) is 16.9 Å². The summed E-state index contributed by atoms with van der Waals surface area (Å²) >= 11 is 0. The van der Waals surface area contributed by atoms with E-state index in [2.05, 4.69) is 10.0 Å². The number of amides is 2. The van der Waals surface area contributed by atoms with Crippen LogP contribution in [0.3, 0.4) is 0 Å². The molecule has 0 radical (unpaired) electrons. The molecule has 9 heteroatoms. The lowest BCUT2D eigenvalue weighted by atomic mass is 9.86. The van der Waals surface area contributed by atoms with E-state index in [1.54, 1.807) is 27.0 Å². The number of hydrogen-bond donors (Lipinski definition) is 2. The smallest absolute Gasteiger partial charge is 0.241 e. The highest BCUT2D eigenvalue weighted by Crippen LogP contribution is 2.41. The van der Waals surface area contributed by atoms with Crippen molar-refractivity contribution in [2.45, 2.75) is 24.2 Å². The van der Waals surface area contributed by atoms with E-state index in [1.165, 1.54) is 41.3 Å². The van der Waals surface area contributed by atoms with Gasteiger partial charge in [0.15, 0.2) is 0 Å². The number of benzene rings is 2. The normalized spacial score (nSPS) is 15.4. The first kappa shape index (κ1) is 20.0. The van der Waals surface area contributed by atoms with Crippen LogP contribution in [0.5, 0.6) is 0 Å². The molecule has 148 valence electrons. The van der Waals surface area contributed by atoms with Crippen LogP contribution in [-0.2, 0) is 25.0 Å². The second kappa shape index (κ2) is 6.99. The molecular formula is C19H20FN3O4S. The van der Waals surface area contributed by atoms with Crippen molar-refractivity contribution in [3.63, 3.8) is 0 Å². The Bertz CT molecular complexity index is 1050. The predicted molar refractivity (Wildman–Crippen MR) is 103 cm³/mol. The number of likely N-dealkylation sites (N-methyl/N-ethyl adjacent to an activating group) is 1. The van der Waals surface area contributed by atoms with E-state index < -0.39 is 33.7 Å². The minimum absolute atomic E-state index is 0.0305. The van der Waals surface area contributed by atoms with Crippen molar-refractivity contribution >= 4 is 33.2 Å². The quantitative estimate of drug-likeness (QED) is 0.795. The number of nitrogens with one attached hydrogen (secondary N) is 2. The Balaban J connectivity index is 1.73. The maximum atomic E-state index is 12.9. The molecular weight excluding hydrogens is 385 g/mol. The second-order valence-electron chi connectivity index (χ2n) is 7.05. The van der Waals surface area contributed by atoms with Gasteiger partial charge in [-0.1, -0.05) is 0 Å². The number of fused-ring (bicyclic) bond motifs is 1. The lowest BCUT2D eigenvalue weighted by molar-refractivity contribution is -0.121. The zero-order chi connectivity index (χ0) is 20.7. The predicted octanol–water partition coefficient (Wildman–Crippen LogP) is 2.00. The molecule has 0 aliphatic carbocycles. The molecule has 28 heavy (non-hydrogen) atoms. The number of sulfonamides is 1. The van der Waals surface area contributed by atoms with Gasteiger partial charge >= 0.3 is 0 Å². The number of halogens is 1. The topological polar surface area (TPSA) is 95.6 Å². The van der Waals surface area contributed by atoms with Crippen molar-refractivity contribution in [1.29, 1.82) is 0 Å². The Kier molecular flexibility index (Phi) is 4.99. The summed E-state index contributed by atoms with van der Waals surface area (Å²) in [7, 11) is -2.32. The Morgan fingerprint density at radius 2 is 1.79 bits per heavy atom. The van der Waals surface area contributed by atoms with Gasteiger partial charge in [-0.25, -0.2) is 17.5 Å². The van der Waals surface area contributed by atoms with Gasteiger partial charge in [0.1, 0.15) is 5.82 Å². The molecule has 0 atom stereocenters. The van der Waals surface area contributed by atoms with Gasteiger partial charge < -0.3 is 10.2 Å². The molecule has 0 bridgehead atoms. The summed E-state index contributed by atoms with van der Waals surface area (Å²) < 4.78 is 40.3. The summed E-state index contributed by atoms with van der Waals surface area (Å²) in [5.74, 6) is -1.15. The third-order valence-corrected chi connectivity index (χ3v) is 6.10. The Morgan fingerprint density at radius 3 is 2.43 bits per heavy atom. The van der Waals surface area contributed by atoms with Gasteiger partial charge in [-0.2, -0.15) is 0 Å². The highest BCUT2D eigenvalue weighted by Gasteiger charge is 2.42. The molecule has 7 nitrogen and oxygen atoms in total. The number of carbonyl (C=O) groups excluding carboxylic acids is 2. The van der Waals surface area contributed by atoms with E-state index in [9.17, 15) is 22.4 Å². The highest BCUT2D eigenvalue weighted by molar-refractivity contribution is 7.89. The number of rotatable bonds is 5. The molecule has 0 aromatic heterocycles. The molecule has 1 heterocycles. The lowest BCUT2D eigenvalue weighted by Crippen LogP contribution is -2.33. The van der Waals surface area contributed by atoms with Crippen molar-refractivity contribution in [2.24, 2.45) is 0 Å². The van der Waals surface area contributed by atoms with E-state index >= 15 is 0 Å². The fraction of sp³-hybridized carbons (Fsp3) is 0.263. The molecule has 3 rings (SSSR count). The fourth-order valence-electron chi connectivity index (χ4n) is 3.10. The van der Waals surface area contributed by atoms with Crippen molar-refractivity contribution in [3.05, 3.63) is 53.8 Å². The van der Waals surface area contributed by atoms with Crippen LogP contribution in [0.1, 0.15) is 19.4 Å². The first-order valence-corrected chi connectivity index (χ1v) is 9.98. The monoisotopic (exact) mass is 405 g/mol. The van der Waals surface area contributed by atoms with E-state index in [1.807, 2.05) is 0 Å². The largest absolute Gasteiger partial charge is 0.325 e. The maximum Gasteiger partial charge on any atom is 0.241 e. The highest BCUT2D eigenvalue weighted by atomic mass is 32.2. The number of carbonyl (C=O) groups is 2. The average Bonchev–Trinajstić information content (AvgIpc) is 2.82. The number of anilines is 2. The van der Waals surface area contributed by atoms with Crippen molar-refractivity contribution in [1.82, 2.24) is 4.72 Å². The molecule has 0 fully saturated rings. The van der Waals surface area contributed by atoms with Gasteiger partial charge in [0, 0.05) is 18.4 Å². The van der Waals surface area contributed by atoms with Crippen LogP contribution < -0.4 is 14.9 Å². The van der Waals surface area contributed by atoms with Crippen LogP contribution in [0.2, 0.25) is 0 Å². The standard InChI is InChI=1S/C19H20FN3O4S/c1-19(2)15-10-14(8-9-16(15)23(3)18(19)25)28(26,27)21-11-17(24)22-13-6-4-12(20)5-7-13/h4-10,21H,11H2,1-3H3,(H,22,24). The molecule has 2 N–H and O–H groups in total. The van der Waals surface area contributed by atoms with E-state index in [0.29, 0.717) is 16.9 Å². The van der Waals surface area contributed by atoms with Gasteiger partial charge in [-0.15, -0.1) is 0 Å². The van der Waals surface area contributed by atoms with Gasteiger partial charge in [0.2, 0.25) is 21.8 Å². The summed E-state index contributed by atoms with van der Waals surface area (Å²) in [5, 5.41) is 2.48. The summed E-state index contributed by atoms with van der Waals surface area (Å²) in [4.78, 5) is 25.8. The lowest BCUT2D eigenvalue weighted by Gasteiger charge is -2.16. The first-order chi connectivity index (χ1) is 13.0. The fourth-order valence-corrected chi connectivity index (χ4v) is 4.11. The van der Waals surface area contributed by atoms with Crippen molar-refractivity contribution in [2.75, 3.05) is 23.8 Å². The van der Waals surface area contributed by atoms with Crippen molar-refractivity contribution < 1.29 is 22.4 Å². The maximum absolute atomic E-state index is 12.9. The molecule has 1 aliphatic rings. The third-order valence-electron chi connectivity index (χ3n) is 4.70. The first-order valence-electron chi connectivity index (χ1n) is 8.50. The molecule has 0 saturated carbocycles. The van der Waals surface area contributed by atoms with E-state index in [0.717, 1.165) is 0 Å². The molecule has 0 spiro atoms. The van der Waals surface area contributed by atoms with E-state index in [4.69, 9.17) is 0 Å². The van der Waals surface area contributed by atoms with Crippen LogP contribution in [0, 0.1) is 5.82 Å². The molecule has 2 aromatic rings. The van der Waals surface area contributed by atoms with Crippen LogP contribution in [0.15, 0.2) is 47.4 Å². The molecule has 2 amide bonds. The van der Waals surface area contributed by atoms with Gasteiger partial charge in [-0.05, 0) is 61.9 Å². The minimum Gasteiger partial charge on any atom is -0.325 e. The molecule has 0 saturated heterocycles. The van der Waals surface area contributed by atoms with Gasteiger partial charge in [-0.3, -0.25) is 9.59 Å². The molecule has 1 aliphatic heterocycles. The number of hydrogen-bond acceptors (Lipinski definition) is 4. The molecule has 2 aromatic carbocycles. The summed E-state index contributed by atoms with van der Waals surface area (Å²) in [6, 6.07) is 9.54. The van der Waals surface area contributed by atoms with Crippen LogP contribution in [0.4, 0.5) is 15.8 Å². The Labute approximate surface area is 162 Å². The van der Waals surface area contributed by atoms with Crippen LogP contribution >= 0.6 is 0 Å². The summed E-state index contributed by atoms with van der Waals surface area (Å²) in [6.45, 7) is 2.98. The summed E-state index contributed by atoms with van der Waals surface area (Å²) in [6.07, 6.45) is 0. The third kappa shape index (κ3) is 3.63. The van der Waals surface area contributed by atoms with Crippen LogP contribution in [-0.4, -0.2) is 33.8 Å². The Hall–Kier alpha value is -2.78.